The Labute approximate surface area is 176 Å². The van der Waals surface area contributed by atoms with Crippen molar-refractivity contribution in [1.82, 2.24) is 10.2 Å². The maximum atomic E-state index is 6.27. The van der Waals surface area contributed by atoms with Gasteiger partial charge in [0.1, 0.15) is 11.9 Å². The summed E-state index contributed by atoms with van der Waals surface area (Å²) in [6.45, 7) is 3.69. The minimum absolute atomic E-state index is 0.0830. The molecule has 1 atom stereocenters. The average molecular weight is 409 g/mol. The van der Waals surface area contributed by atoms with Crippen LogP contribution >= 0.6 is 0 Å². The van der Waals surface area contributed by atoms with Crippen LogP contribution in [0.1, 0.15) is 18.4 Å². The molecule has 3 aromatic rings. The minimum atomic E-state index is 0.0830. The van der Waals surface area contributed by atoms with Crippen molar-refractivity contribution in [3.63, 3.8) is 0 Å². The van der Waals surface area contributed by atoms with E-state index in [0.29, 0.717) is 17.2 Å². The normalized spacial score (nSPS) is 16.4. The van der Waals surface area contributed by atoms with E-state index < -0.39 is 0 Å². The third kappa shape index (κ3) is 3.79. The number of nitrogens with zero attached hydrogens (tertiary/aromatic N) is 3. The maximum Gasteiger partial charge on any atom is 0.204 e. The fraction of sp³-hybridized carbons (Fsp3) is 0.391. The van der Waals surface area contributed by atoms with Gasteiger partial charge < -0.3 is 23.8 Å². The van der Waals surface area contributed by atoms with Crippen LogP contribution in [-0.4, -0.2) is 50.7 Å². The second kappa shape index (κ2) is 8.65. The maximum absolute atomic E-state index is 6.27. The lowest BCUT2D eigenvalue weighted by atomic mass is 10.1. The first-order valence-electron chi connectivity index (χ1n) is 10.1. The van der Waals surface area contributed by atoms with Gasteiger partial charge in [-0.25, -0.2) is 0 Å². The molecule has 1 unspecified atom stereocenters. The molecule has 2 heterocycles. The Hall–Kier alpha value is -3.22. The van der Waals surface area contributed by atoms with Crippen LogP contribution in [0.2, 0.25) is 0 Å². The van der Waals surface area contributed by atoms with Crippen LogP contribution in [0.15, 0.2) is 36.5 Å². The molecular weight excluding hydrogens is 382 g/mol. The average Bonchev–Trinajstić information content (AvgIpc) is 2.77. The summed E-state index contributed by atoms with van der Waals surface area (Å²) in [6, 6.07) is 10.1. The number of aryl methyl sites for hydroxylation is 1. The molecule has 1 aliphatic heterocycles. The van der Waals surface area contributed by atoms with Crippen LogP contribution in [0.4, 0.5) is 5.82 Å². The van der Waals surface area contributed by atoms with E-state index in [1.54, 1.807) is 27.5 Å². The highest BCUT2D eigenvalue weighted by Crippen LogP contribution is 2.45. The number of hydrogen-bond donors (Lipinski definition) is 0. The summed E-state index contributed by atoms with van der Waals surface area (Å²) in [4.78, 5) is 2.23. The van der Waals surface area contributed by atoms with Crippen LogP contribution < -0.4 is 23.8 Å². The van der Waals surface area contributed by atoms with Crippen molar-refractivity contribution in [2.24, 2.45) is 0 Å². The van der Waals surface area contributed by atoms with Crippen molar-refractivity contribution >= 4 is 16.6 Å². The van der Waals surface area contributed by atoms with Gasteiger partial charge in [-0.15, -0.1) is 5.10 Å². The zero-order valence-corrected chi connectivity index (χ0v) is 17.8. The molecule has 0 spiro atoms. The van der Waals surface area contributed by atoms with Gasteiger partial charge in [0.2, 0.25) is 5.75 Å². The molecule has 0 N–H and O–H groups in total. The largest absolute Gasteiger partial charge is 0.493 e. The van der Waals surface area contributed by atoms with E-state index in [2.05, 4.69) is 34.2 Å². The van der Waals surface area contributed by atoms with Crippen LogP contribution in [0.5, 0.6) is 23.0 Å². The third-order valence-corrected chi connectivity index (χ3v) is 5.42. The van der Waals surface area contributed by atoms with E-state index >= 15 is 0 Å². The van der Waals surface area contributed by atoms with Gasteiger partial charge in [-0.2, -0.15) is 5.10 Å². The molecule has 0 aliphatic carbocycles. The molecule has 7 heteroatoms. The number of methoxy groups -OCH3 is 3. The molecule has 4 rings (SSSR count). The Morgan fingerprint density at radius 3 is 2.57 bits per heavy atom. The van der Waals surface area contributed by atoms with Gasteiger partial charge in [-0.1, -0.05) is 12.1 Å². The van der Waals surface area contributed by atoms with E-state index in [1.807, 2.05) is 18.2 Å². The number of aromatic nitrogens is 2. The molecule has 2 aromatic carbocycles. The van der Waals surface area contributed by atoms with Crippen LogP contribution in [0.25, 0.3) is 10.8 Å². The second-order valence-corrected chi connectivity index (χ2v) is 7.42. The van der Waals surface area contributed by atoms with Gasteiger partial charge in [-0.05, 0) is 43.5 Å². The first kappa shape index (κ1) is 20.1. The topological polar surface area (TPSA) is 65.9 Å². The van der Waals surface area contributed by atoms with Crippen LogP contribution in [0, 0.1) is 6.92 Å². The molecule has 7 nitrogen and oxygen atoms in total. The van der Waals surface area contributed by atoms with Crippen molar-refractivity contribution in [2.45, 2.75) is 25.9 Å². The highest BCUT2D eigenvalue weighted by Gasteiger charge is 2.26. The van der Waals surface area contributed by atoms with E-state index in [9.17, 15) is 0 Å². The van der Waals surface area contributed by atoms with Crippen molar-refractivity contribution in [3.8, 4) is 23.0 Å². The molecule has 0 amide bonds. The fourth-order valence-electron chi connectivity index (χ4n) is 4.03. The fourth-order valence-corrected chi connectivity index (χ4v) is 4.03. The second-order valence-electron chi connectivity index (χ2n) is 7.42. The highest BCUT2D eigenvalue weighted by atomic mass is 16.5. The highest BCUT2D eigenvalue weighted by molar-refractivity contribution is 5.99. The molecule has 1 fully saturated rings. The Kier molecular flexibility index (Phi) is 5.79. The Morgan fingerprint density at radius 2 is 1.83 bits per heavy atom. The SMILES string of the molecule is COc1cc2c(N3CCCC(Oc4cccc(C)c4)C3)nncc2c(OC)c1OC. The standard InChI is InChI=1S/C23H27N3O4/c1-15-7-5-8-16(11-15)30-17-9-6-10-26(14-17)23-18-12-20(27-2)22(29-4)21(28-3)19(18)13-24-25-23/h5,7-8,11-13,17H,6,9-10,14H2,1-4H3. The summed E-state index contributed by atoms with van der Waals surface area (Å²) >= 11 is 0. The van der Waals surface area contributed by atoms with E-state index in [0.717, 1.165) is 48.3 Å². The Bertz CT molecular complexity index is 1040. The predicted octanol–water partition coefficient (Wildman–Crippen LogP) is 4.01. The summed E-state index contributed by atoms with van der Waals surface area (Å²) in [7, 11) is 4.83. The lowest BCUT2D eigenvalue weighted by molar-refractivity contribution is 0.179. The lowest BCUT2D eigenvalue weighted by Crippen LogP contribution is -2.41. The molecule has 0 saturated carbocycles. The quantitative estimate of drug-likeness (QED) is 0.609. The number of ether oxygens (including phenoxy) is 4. The third-order valence-electron chi connectivity index (χ3n) is 5.42. The van der Waals surface area contributed by atoms with Crippen molar-refractivity contribution in [1.29, 1.82) is 0 Å². The monoisotopic (exact) mass is 409 g/mol. The number of fused-ring (bicyclic) bond motifs is 1. The van der Waals surface area contributed by atoms with Crippen molar-refractivity contribution in [2.75, 3.05) is 39.3 Å². The van der Waals surface area contributed by atoms with E-state index in [-0.39, 0.29) is 6.10 Å². The molecule has 0 radical (unpaired) electrons. The zero-order chi connectivity index (χ0) is 21.1. The summed E-state index contributed by atoms with van der Waals surface area (Å²) in [5, 5.41) is 10.4. The van der Waals surface area contributed by atoms with Crippen molar-refractivity contribution in [3.05, 3.63) is 42.1 Å². The van der Waals surface area contributed by atoms with Gasteiger partial charge in [-0.3, -0.25) is 0 Å². The zero-order valence-electron chi connectivity index (χ0n) is 17.8. The molecule has 1 aromatic heterocycles. The van der Waals surface area contributed by atoms with E-state index in [1.165, 1.54) is 5.56 Å². The Balaban J connectivity index is 1.68. The van der Waals surface area contributed by atoms with Crippen LogP contribution in [0.3, 0.4) is 0 Å². The predicted molar refractivity (Wildman–Crippen MR) is 116 cm³/mol. The smallest absolute Gasteiger partial charge is 0.204 e. The first-order valence-corrected chi connectivity index (χ1v) is 10.1. The van der Waals surface area contributed by atoms with Gasteiger partial charge in [0.25, 0.3) is 0 Å². The summed E-state index contributed by atoms with van der Waals surface area (Å²) in [5.41, 5.74) is 1.19. The van der Waals surface area contributed by atoms with Gasteiger partial charge >= 0.3 is 0 Å². The minimum Gasteiger partial charge on any atom is -0.493 e. The molecule has 1 saturated heterocycles. The van der Waals surface area contributed by atoms with Gasteiger partial charge in [0.15, 0.2) is 17.3 Å². The van der Waals surface area contributed by atoms with Gasteiger partial charge in [0, 0.05) is 11.9 Å². The number of hydrogen-bond acceptors (Lipinski definition) is 7. The number of benzene rings is 2. The first-order chi connectivity index (χ1) is 14.6. The summed E-state index contributed by atoms with van der Waals surface area (Å²) in [6.07, 6.45) is 3.80. The van der Waals surface area contributed by atoms with E-state index in [4.69, 9.17) is 18.9 Å². The molecule has 1 aliphatic rings. The summed E-state index contributed by atoms with van der Waals surface area (Å²) in [5.74, 6) is 3.43. The Morgan fingerprint density at radius 1 is 1.00 bits per heavy atom. The molecule has 30 heavy (non-hydrogen) atoms. The number of piperidine rings is 1. The van der Waals surface area contributed by atoms with Gasteiger partial charge in [0.05, 0.1) is 39.5 Å². The summed E-state index contributed by atoms with van der Waals surface area (Å²) < 4.78 is 23.0. The lowest BCUT2D eigenvalue weighted by Gasteiger charge is -2.34. The molecule has 0 bridgehead atoms. The molecule has 158 valence electrons. The number of anilines is 1. The van der Waals surface area contributed by atoms with Crippen molar-refractivity contribution < 1.29 is 18.9 Å². The van der Waals surface area contributed by atoms with Crippen LogP contribution in [-0.2, 0) is 0 Å². The number of rotatable bonds is 6. The molecular formula is C23H27N3O4.